The van der Waals surface area contributed by atoms with Gasteiger partial charge in [0, 0.05) is 55.2 Å². The Morgan fingerprint density at radius 2 is 1.73 bits per heavy atom. The summed E-state index contributed by atoms with van der Waals surface area (Å²) in [6.07, 6.45) is 2.05. The van der Waals surface area contributed by atoms with E-state index in [0.717, 1.165) is 13.0 Å². The SMILES string of the molecule is CCN(CCN/C(C=N)=C(\SCCN(C)C)C(=O)Nc1ccccc1)C(=O)C1CC1(C)c1ccccc1. The summed E-state index contributed by atoms with van der Waals surface area (Å²) in [7, 11) is 3.98. The minimum absolute atomic E-state index is 0.0126. The molecule has 7 nitrogen and oxygen atoms in total. The van der Waals surface area contributed by atoms with Gasteiger partial charge in [0.1, 0.15) is 0 Å². The third-order valence-electron chi connectivity index (χ3n) is 6.77. The van der Waals surface area contributed by atoms with Crippen LogP contribution in [0.5, 0.6) is 0 Å². The lowest BCUT2D eigenvalue weighted by Gasteiger charge is -2.23. The van der Waals surface area contributed by atoms with Crippen LogP contribution in [0.4, 0.5) is 5.69 Å². The first-order valence-electron chi connectivity index (χ1n) is 12.8. The highest BCUT2D eigenvalue weighted by molar-refractivity contribution is 8.04. The van der Waals surface area contributed by atoms with Crippen LogP contribution >= 0.6 is 11.8 Å². The Kier molecular flexibility index (Phi) is 10.3. The second-order valence-corrected chi connectivity index (χ2v) is 10.8. The van der Waals surface area contributed by atoms with Gasteiger partial charge in [0.15, 0.2) is 0 Å². The van der Waals surface area contributed by atoms with Gasteiger partial charge in [-0.1, -0.05) is 55.5 Å². The zero-order chi connectivity index (χ0) is 26.8. The first-order chi connectivity index (χ1) is 17.8. The van der Waals surface area contributed by atoms with Crippen LogP contribution < -0.4 is 10.6 Å². The second-order valence-electron chi connectivity index (χ2n) is 9.74. The highest BCUT2D eigenvalue weighted by Gasteiger charge is 2.56. The number of benzene rings is 2. The molecule has 37 heavy (non-hydrogen) atoms. The van der Waals surface area contributed by atoms with Crippen molar-refractivity contribution in [3.8, 4) is 0 Å². The van der Waals surface area contributed by atoms with E-state index in [1.807, 2.05) is 74.4 Å². The van der Waals surface area contributed by atoms with Crippen LogP contribution in [0.25, 0.3) is 0 Å². The van der Waals surface area contributed by atoms with Crippen molar-refractivity contribution in [2.45, 2.75) is 25.7 Å². The normalized spacial score (nSPS) is 19.1. The van der Waals surface area contributed by atoms with Crippen LogP contribution in [0.3, 0.4) is 0 Å². The number of hydrogen-bond acceptors (Lipinski definition) is 6. The number of carbonyl (C=O) groups excluding carboxylic acids is 2. The molecule has 1 fully saturated rings. The lowest BCUT2D eigenvalue weighted by Crippen LogP contribution is -2.39. The van der Waals surface area contributed by atoms with Crippen molar-refractivity contribution >= 4 is 35.5 Å². The van der Waals surface area contributed by atoms with Gasteiger partial charge in [0.05, 0.1) is 10.6 Å². The van der Waals surface area contributed by atoms with Crippen molar-refractivity contribution in [3.63, 3.8) is 0 Å². The maximum Gasteiger partial charge on any atom is 0.264 e. The Morgan fingerprint density at radius 3 is 2.32 bits per heavy atom. The number of amides is 2. The van der Waals surface area contributed by atoms with E-state index in [0.29, 0.717) is 41.7 Å². The Balaban J connectivity index is 1.65. The van der Waals surface area contributed by atoms with Crippen molar-refractivity contribution in [2.75, 3.05) is 51.3 Å². The van der Waals surface area contributed by atoms with E-state index in [4.69, 9.17) is 5.41 Å². The number of nitrogens with one attached hydrogen (secondary N) is 3. The molecule has 0 saturated heterocycles. The predicted molar refractivity (Wildman–Crippen MR) is 154 cm³/mol. The zero-order valence-electron chi connectivity index (χ0n) is 22.3. The van der Waals surface area contributed by atoms with Crippen molar-refractivity contribution in [3.05, 3.63) is 76.8 Å². The number of allylic oxidation sites excluding steroid dienone is 1. The Labute approximate surface area is 225 Å². The summed E-state index contributed by atoms with van der Waals surface area (Å²) in [4.78, 5) is 30.8. The van der Waals surface area contributed by atoms with Crippen molar-refractivity contribution in [1.29, 1.82) is 5.41 Å². The van der Waals surface area contributed by atoms with Gasteiger partial charge in [-0.2, -0.15) is 0 Å². The van der Waals surface area contributed by atoms with E-state index in [9.17, 15) is 9.59 Å². The smallest absolute Gasteiger partial charge is 0.264 e. The van der Waals surface area contributed by atoms with Crippen LogP contribution in [-0.4, -0.2) is 73.9 Å². The van der Waals surface area contributed by atoms with Crippen molar-refractivity contribution < 1.29 is 9.59 Å². The van der Waals surface area contributed by atoms with E-state index >= 15 is 0 Å². The molecule has 2 unspecified atom stereocenters. The van der Waals surface area contributed by atoms with E-state index in [-0.39, 0.29) is 23.1 Å². The molecule has 2 aromatic rings. The summed E-state index contributed by atoms with van der Waals surface area (Å²) < 4.78 is 0. The molecule has 2 aromatic carbocycles. The molecule has 2 atom stereocenters. The molecular weight excluding hydrogens is 482 g/mol. The van der Waals surface area contributed by atoms with E-state index < -0.39 is 0 Å². The lowest BCUT2D eigenvalue weighted by molar-refractivity contribution is -0.132. The predicted octanol–water partition coefficient (Wildman–Crippen LogP) is 4.20. The molecule has 3 rings (SSSR count). The molecule has 0 aliphatic heterocycles. The molecule has 198 valence electrons. The lowest BCUT2D eigenvalue weighted by atomic mass is 9.95. The van der Waals surface area contributed by atoms with E-state index in [1.165, 1.54) is 23.5 Å². The van der Waals surface area contributed by atoms with Gasteiger partial charge in [-0.3, -0.25) is 9.59 Å². The second kappa shape index (κ2) is 13.4. The fraction of sp³-hybridized carbons (Fsp3) is 0.414. The molecule has 1 saturated carbocycles. The number of para-hydroxylation sites is 1. The molecule has 1 aliphatic carbocycles. The van der Waals surface area contributed by atoms with Gasteiger partial charge in [0.2, 0.25) is 5.91 Å². The number of carbonyl (C=O) groups is 2. The van der Waals surface area contributed by atoms with Crippen LogP contribution in [0.1, 0.15) is 25.8 Å². The minimum atomic E-state index is -0.249. The highest BCUT2D eigenvalue weighted by atomic mass is 32.2. The van der Waals surface area contributed by atoms with Gasteiger partial charge in [-0.15, -0.1) is 11.8 Å². The van der Waals surface area contributed by atoms with Gasteiger partial charge in [-0.25, -0.2) is 0 Å². The fourth-order valence-corrected chi connectivity index (χ4v) is 5.46. The van der Waals surface area contributed by atoms with Crippen LogP contribution in [-0.2, 0) is 15.0 Å². The molecule has 0 spiro atoms. The average Bonchev–Trinajstić information content (AvgIpc) is 3.60. The third-order valence-corrected chi connectivity index (χ3v) is 7.85. The van der Waals surface area contributed by atoms with Gasteiger partial charge in [-0.05, 0) is 45.1 Å². The van der Waals surface area contributed by atoms with Crippen molar-refractivity contribution in [1.82, 2.24) is 15.1 Å². The summed E-state index contributed by atoms with van der Waals surface area (Å²) in [6.45, 7) is 6.53. The summed E-state index contributed by atoms with van der Waals surface area (Å²) in [5, 5.41) is 14.2. The number of likely N-dealkylation sites (N-methyl/N-ethyl adjacent to an activating group) is 1. The topological polar surface area (TPSA) is 88.5 Å². The van der Waals surface area contributed by atoms with Gasteiger partial charge in [0.25, 0.3) is 5.91 Å². The third kappa shape index (κ3) is 7.69. The number of hydrogen-bond donors (Lipinski definition) is 3. The molecule has 0 radical (unpaired) electrons. The molecular formula is C29H39N5O2S. The molecule has 8 heteroatoms. The Morgan fingerprint density at radius 1 is 1.08 bits per heavy atom. The van der Waals surface area contributed by atoms with Crippen molar-refractivity contribution in [2.24, 2.45) is 5.92 Å². The van der Waals surface area contributed by atoms with E-state index in [2.05, 4.69) is 34.6 Å². The Bertz CT molecular complexity index is 1090. The van der Waals surface area contributed by atoms with Gasteiger partial charge < -0.3 is 25.8 Å². The van der Waals surface area contributed by atoms with Crippen LogP contribution in [0.15, 0.2) is 71.3 Å². The monoisotopic (exact) mass is 521 g/mol. The zero-order valence-corrected chi connectivity index (χ0v) is 23.1. The number of anilines is 1. The Hall–Kier alpha value is -3.10. The summed E-state index contributed by atoms with van der Waals surface area (Å²) in [6, 6.07) is 19.5. The summed E-state index contributed by atoms with van der Waals surface area (Å²) >= 11 is 1.42. The number of thioether (sulfide) groups is 1. The summed E-state index contributed by atoms with van der Waals surface area (Å²) in [5.41, 5.74) is 2.27. The van der Waals surface area contributed by atoms with Crippen LogP contribution in [0.2, 0.25) is 0 Å². The quantitative estimate of drug-likeness (QED) is 0.256. The van der Waals surface area contributed by atoms with Gasteiger partial charge >= 0.3 is 0 Å². The standard InChI is InChI=1S/C29H39N5O2S/c1-5-34(28(36)24-20-29(24,2)22-12-8-6-9-13-22)17-16-31-25(21-30)26(37-19-18-33(3)4)27(35)32-23-14-10-7-11-15-23/h6-15,21,24,30-31H,5,16-20H2,1-4H3,(H,32,35)/b26-25-,30-21?. The molecule has 1 aliphatic rings. The highest BCUT2D eigenvalue weighted by Crippen LogP contribution is 2.54. The first kappa shape index (κ1) is 28.5. The van der Waals surface area contributed by atoms with E-state index in [1.54, 1.807) is 0 Å². The maximum absolute atomic E-state index is 13.3. The summed E-state index contributed by atoms with van der Waals surface area (Å²) in [5.74, 6) is 0.615. The molecule has 2 amide bonds. The average molecular weight is 522 g/mol. The molecule has 0 bridgehead atoms. The number of rotatable bonds is 14. The minimum Gasteiger partial charge on any atom is -0.381 e. The molecule has 3 N–H and O–H groups in total. The molecule has 0 aromatic heterocycles. The maximum atomic E-state index is 13.3. The molecule has 0 heterocycles. The fourth-order valence-electron chi connectivity index (χ4n) is 4.34. The largest absolute Gasteiger partial charge is 0.381 e. The first-order valence-corrected chi connectivity index (χ1v) is 13.8. The number of nitrogens with zero attached hydrogens (tertiary/aromatic N) is 2. The van der Waals surface area contributed by atoms with Crippen LogP contribution in [0, 0.1) is 11.3 Å².